The summed E-state index contributed by atoms with van der Waals surface area (Å²) in [5.41, 5.74) is -0.314. The molecule has 0 saturated carbocycles. The van der Waals surface area contributed by atoms with Crippen LogP contribution in [-0.2, 0) is 0 Å². The normalized spacial score (nSPS) is 10.2. The number of hydrogen-bond acceptors (Lipinski definition) is 5. The number of rotatable bonds is 5. The Bertz CT molecular complexity index is 1210. The number of aromatic nitrogens is 1. The molecule has 0 bridgehead atoms. The molecular weight excluding hydrogens is 446 g/mol. The van der Waals surface area contributed by atoms with E-state index in [1.165, 1.54) is 43.6 Å². The van der Waals surface area contributed by atoms with Gasteiger partial charge in [0, 0.05) is 17.3 Å². The van der Waals surface area contributed by atoms with E-state index in [0.717, 1.165) is 6.07 Å². The first-order valence-electron chi connectivity index (χ1n) is 8.64. The lowest BCUT2D eigenvalue weighted by atomic mass is 10.1. The predicted octanol–water partition coefficient (Wildman–Crippen LogP) is 4.91. The number of carbonyl (C=O) groups is 2. The molecule has 156 valence electrons. The number of benzene rings is 2. The number of anilines is 2. The van der Waals surface area contributed by atoms with Crippen molar-refractivity contribution in [1.82, 2.24) is 4.98 Å². The molecule has 0 aliphatic rings. The summed E-state index contributed by atoms with van der Waals surface area (Å²) in [5, 5.41) is 14.5. The Morgan fingerprint density at radius 3 is 2.39 bits per heavy atom. The molecule has 2 amide bonds. The van der Waals surface area contributed by atoms with Gasteiger partial charge in [0.2, 0.25) is 0 Å². The fourth-order valence-electron chi connectivity index (χ4n) is 2.63. The fourth-order valence-corrected chi connectivity index (χ4v) is 2.95. The van der Waals surface area contributed by atoms with Gasteiger partial charge in [0.15, 0.2) is 0 Å². The highest BCUT2D eigenvalue weighted by Gasteiger charge is 2.22. The lowest BCUT2D eigenvalue weighted by Crippen LogP contribution is -2.20. The molecule has 7 nitrogen and oxygen atoms in total. The van der Waals surface area contributed by atoms with Crippen molar-refractivity contribution in [1.29, 1.82) is 5.26 Å². The third-order valence-corrected chi connectivity index (χ3v) is 4.52. The summed E-state index contributed by atoms with van der Waals surface area (Å²) in [6.07, 6.45) is 1.35. The van der Waals surface area contributed by atoms with Gasteiger partial charge in [0.1, 0.15) is 17.4 Å². The Hall–Kier alpha value is -3.67. The van der Waals surface area contributed by atoms with E-state index in [2.05, 4.69) is 15.6 Å². The molecular formula is C21H13Cl2FN4O3. The monoisotopic (exact) mass is 458 g/mol. The zero-order chi connectivity index (χ0) is 22.5. The van der Waals surface area contributed by atoms with Gasteiger partial charge in [0.05, 0.1) is 40.6 Å². The molecule has 0 aliphatic heterocycles. The minimum Gasteiger partial charge on any atom is -0.494 e. The first-order chi connectivity index (χ1) is 14.8. The maximum atomic E-state index is 14.3. The van der Waals surface area contributed by atoms with E-state index < -0.39 is 17.6 Å². The van der Waals surface area contributed by atoms with Crippen LogP contribution >= 0.6 is 23.2 Å². The van der Waals surface area contributed by atoms with Crippen LogP contribution < -0.4 is 15.4 Å². The van der Waals surface area contributed by atoms with Gasteiger partial charge in [-0.05, 0) is 36.4 Å². The molecule has 0 radical (unpaired) electrons. The molecule has 0 fully saturated rings. The van der Waals surface area contributed by atoms with Gasteiger partial charge in [-0.1, -0.05) is 23.2 Å². The Balaban J connectivity index is 1.97. The van der Waals surface area contributed by atoms with Gasteiger partial charge in [-0.25, -0.2) is 9.37 Å². The van der Waals surface area contributed by atoms with E-state index in [-0.39, 0.29) is 39.0 Å². The van der Waals surface area contributed by atoms with E-state index in [9.17, 15) is 14.0 Å². The molecule has 0 atom stereocenters. The van der Waals surface area contributed by atoms with Crippen LogP contribution in [0.5, 0.6) is 5.75 Å². The number of ether oxygens (including phenoxy) is 1. The van der Waals surface area contributed by atoms with Crippen molar-refractivity contribution in [2.24, 2.45) is 0 Å². The van der Waals surface area contributed by atoms with E-state index in [1.807, 2.05) is 0 Å². The quantitative estimate of drug-likeness (QED) is 0.564. The van der Waals surface area contributed by atoms with Gasteiger partial charge >= 0.3 is 0 Å². The first-order valence-corrected chi connectivity index (χ1v) is 9.39. The Kier molecular flexibility index (Phi) is 6.70. The fraction of sp³-hybridized carbons (Fsp3) is 0.0476. The van der Waals surface area contributed by atoms with Crippen LogP contribution in [0.2, 0.25) is 10.0 Å². The van der Waals surface area contributed by atoms with E-state index in [4.69, 9.17) is 33.2 Å². The number of nitrogens with one attached hydrogen (secondary N) is 2. The molecule has 10 heteroatoms. The van der Waals surface area contributed by atoms with Crippen LogP contribution in [0.25, 0.3) is 0 Å². The Morgan fingerprint density at radius 1 is 1.03 bits per heavy atom. The van der Waals surface area contributed by atoms with Gasteiger partial charge in [-0.15, -0.1) is 0 Å². The van der Waals surface area contributed by atoms with Gasteiger partial charge < -0.3 is 15.4 Å². The zero-order valence-electron chi connectivity index (χ0n) is 15.9. The zero-order valence-corrected chi connectivity index (χ0v) is 17.4. The number of methoxy groups -OCH3 is 1. The largest absolute Gasteiger partial charge is 0.494 e. The second-order valence-corrected chi connectivity index (χ2v) is 6.98. The smallest absolute Gasteiger partial charge is 0.259 e. The SMILES string of the molecule is COc1cc(Cl)cc(C(=O)Nc2ccc(Cl)cn2)c1NC(=O)c1ccc(C#N)cc1F. The van der Waals surface area contributed by atoms with Crippen molar-refractivity contribution in [3.8, 4) is 11.8 Å². The van der Waals surface area contributed by atoms with Gasteiger partial charge in [0.25, 0.3) is 11.8 Å². The van der Waals surface area contributed by atoms with Crippen molar-refractivity contribution in [2.75, 3.05) is 17.7 Å². The third-order valence-electron chi connectivity index (χ3n) is 4.08. The molecule has 0 unspecified atom stereocenters. The number of hydrogen-bond donors (Lipinski definition) is 2. The number of pyridine rings is 1. The summed E-state index contributed by atoms with van der Waals surface area (Å²) in [7, 11) is 1.33. The summed E-state index contributed by atoms with van der Waals surface area (Å²) in [6, 6.07) is 10.9. The van der Waals surface area contributed by atoms with Crippen LogP contribution in [0.1, 0.15) is 26.3 Å². The number of halogens is 3. The lowest BCUT2D eigenvalue weighted by molar-refractivity contribution is 0.102. The van der Waals surface area contributed by atoms with E-state index in [1.54, 1.807) is 12.1 Å². The molecule has 0 spiro atoms. The molecule has 2 N–H and O–H groups in total. The minimum absolute atomic E-state index is 0.0212. The van der Waals surface area contributed by atoms with Crippen LogP contribution in [0.15, 0.2) is 48.7 Å². The topological polar surface area (TPSA) is 104 Å². The van der Waals surface area contributed by atoms with Crippen LogP contribution in [-0.4, -0.2) is 23.9 Å². The van der Waals surface area contributed by atoms with Crippen molar-refractivity contribution < 1.29 is 18.7 Å². The molecule has 1 heterocycles. The highest BCUT2D eigenvalue weighted by Crippen LogP contribution is 2.33. The molecule has 31 heavy (non-hydrogen) atoms. The highest BCUT2D eigenvalue weighted by molar-refractivity contribution is 6.32. The summed E-state index contributed by atoms with van der Waals surface area (Å²) in [6.45, 7) is 0. The van der Waals surface area contributed by atoms with Crippen molar-refractivity contribution in [3.63, 3.8) is 0 Å². The maximum absolute atomic E-state index is 14.3. The van der Waals surface area contributed by atoms with Crippen LogP contribution in [0, 0.1) is 17.1 Å². The highest BCUT2D eigenvalue weighted by atomic mass is 35.5. The van der Waals surface area contributed by atoms with Crippen molar-refractivity contribution >= 4 is 46.5 Å². The second-order valence-electron chi connectivity index (χ2n) is 6.11. The predicted molar refractivity (Wildman–Crippen MR) is 114 cm³/mol. The third kappa shape index (κ3) is 5.09. The minimum atomic E-state index is -0.888. The number of carbonyl (C=O) groups excluding carboxylic acids is 2. The standard InChI is InChI=1S/C21H13Cl2FN4O3/c1-31-17-8-13(23)7-15(21(30)27-18-5-3-12(22)10-26-18)19(17)28-20(29)14-4-2-11(9-25)6-16(14)24/h2-8,10H,1H3,(H,28,29)(H,26,27,30). The lowest BCUT2D eigenvalue weighted by Gasteiger charge is -2.16. The maximum Gasteiger partial charge on any atom is 0.259 e. The van der Waals surface area contributed by atoms with E-state index in [0.29, 0.717) is 5.02 Å². The molecule has 0 aliphatic carbocycles. The molecule has 3 rings (SSSR count). The van der Waals surface area contributed by atoms with Crippen molar-refractivity contribution in [3.05, 3.63) is 81.2 Å². The van der Waals surface area contributed by atoms with Crippen molar-refractivity contribution in [2.45, 2.75) is 0 Å². The second kappa shape index (κ2) is 9.43. The molecule has 0 saturated heterocycles. The van der Waals surface area contributed by atoms with E-state index >= 15 is 0 Å². The Morgan fingerprint density at radius 2 is 1.77 bits per heavy atom. The summed E-state index contributed by atoms with van der Waals surface area (Å²) >= 11 is 11.9. The van der Waals surface area contributed by atoms with Crippen LogP contribution in [0.4, 0.5) is 15.9 Å². The molecule has 1 aromatic heterocycles. The number of nitriles is 1. The number of nitrogens with zero attached hydrogens (tertiary/aromatic N) is 2. The van der Waals surface area contributed by atoms with Gasteiger partial charge in [-0.2, -0.15) is 5.26 Å². The molecule has 2 aromatic carbocycles. The van der Waals surface area contributed by atoms with Crippen LogP contribution in [0.3, 0.4) is 0 Å². The average Bonchev–Trinajstić information content (AvgIpc) is 2.75. The molecule has 3 aromatic rings. The first kappa shape index (κ1) is 22.0. The van der Waals surface area contributed by atoms with Gasteiger partial charge in [-0.3, -0.25) is 9.59 Å². The number of amides is 2. The Labute approximate surface area is 186 Å². The summed E-state index contributed by atoms with van der Waals surface area (Å²) < 4.78 is 19.5. The summed E-state index contributed by atoms with van der Waals surface area (Å²) in [4.78, 5) is 29.5. The summed E-state index contributed by atoms with van der Waals surface area (Å²) in [5.74, 6) is -2.08. The average molecular weight is 459 g/mol.